The molecule has 0 atom stereocenters. The van der Waals surface area contributed by atoms with Gasteiger partial charge >= 0.3 is 6.18 Å². The molecule has 2 fully saturated rings. The van der Waals surface area contributed by atoms with Crippen LogP contribution in [-0.4, -0.2) is 78.8 Å². The highest BCUT2D eigenvalue weighted by atomic mass is 19.4. The molecule has 2 rings (SSSR count). The first-order valence-electron chi connectivity index (χ1n) is 12.1. The molecule has 0 aromatic heterocycles. The topological polar surface area (TPSA) is 47.6 Å². The van der Waals surface area contributed by atoms with Crippen LogP contribution in [0, 0.1) is 11.8 Å². The molecule has 2 heterocycles. The van der Waals surface area contributed by atoms with Gasteiger partial charge in [0.2, 0.25) is 5.91 Å². The molecule has 5 nitrogen and oxygen atoms in total. The summed E-state index contributed by atoms with van der Waals surface area (Å²) in [6, 6.07) is 0. The Balaban J connectivity index is 0.000000323. The van der Waals surface area contributed by atoms with Crippen molar-refractivity contribution in [3.8, 4) is 0 Å². The normalized spacial score (nSPS) is 20.1. The van der Waals surface area contributed by atoms with Crippen LogP contribution in [0.15, 0.2) is 0 Å². The minimum absolute atomic E-state index is 0.0864. The van der Waals surface area contributed by atoms with E-state index in [9.17, 15) is 18.0 Å². The Morgan fingerprint density at radius 2 is 1.16 bits per heavy atom. The number of likely N-dealkylation sites (tertiary alicyclic amines) is 2. The van der Waals surface area contributed by atoms with Crippen LogP contribution in [0.5, 0.6) is 0 Å². The van der Waals surface area contributed by atoms with Gasteiger partial charge in [-0.2, -0.15) is 13.2 Å². The predicted octanol–water partition coefficient (Wildman–Crippen LogP) is 4.28. The molecule has 0 radical (unpaired) electrons. The highest BCUT2D eigenvalue weighted by Gasteiger charge is 2.32. The molecule has 0 aromatic rings. The fourth-order valence-corrected chi connectivity index (χ4v) is 3.96. The molecule has 1 amide bonds. The van der Waals surface area contributed by atoms with Crippen LogP contribution in [-0.2, 0) is 4.79 Å². The molecular formula is C24H47F3N4O. The summed E-state index contributed by atoms with van der Waals surface area (Å²) in [7, 11) is 0. The fourth-order valence-electron chi connectivity index (χ4n) is 3.96. The van der Waals surface area contributed by atoms with Crippen molar-refractivity contribution < 1.29 is 18.0 Å². The summed E-state index contributed by atoms with van der Waals surface area (Å²) in [5.41, 5.74) is 0.292. The molecule has 0 saturated carbocycles. The molecule has 0 spiro atoms. The fraction of sp³-hybridized carbons (Fsp3) is 0.958. The molecular weight excluding hydrogens is 417 g/mol. The lowest BCUT2D eigenvalue weighted by Crippen LogP contribution is -2.44. The van der Waals surface area contributed by atoms with Gasteiger partial charge in [0, 0.05) is 31.1 Å². The maximum absolute atomic E-state index is 12.2. The third-order valence-corrected chi connectivity index (χ3v) is 6.01. The number of carbonyl (C=O) groups excluding carboxylic acids is 1. The summed E-state index contributed by atoms with van der Waals surface area (Å²) in [4.78, 5) is 14.6. The van der Waals surface area contributed by atoms with Crippen molar-refractivity contribution in [1.29, 1.82) is 0 Å². The summed E-state index contributed by atoms with van der Waals surface area (Å²) in [5.74, 6) is 1.47. The van der Waals surface area contributed by atoms with E-state index in [1.807, 2.05) is 4.90 Å². The maximum Gasteiger partial charge on any atom is 0.401 e. The van der Waals surface area contributed by atoms with E-state index >= 15 is 0 Å². The van der Waals surface area contributed by atoms with E-state index in [-0.39, 0.29) is 17.0 Å². The number of halogens is 3. The molecule has 2 saturated heterocycles. The van der Waals surface area contributed by atoms with Crippen LogP contribution in [0.2, 0.25) is 0 Å². The minimum atomic E-state index is -4.06. The Hall–Kier alpha value is -0.860. The average molecular weight is 465 g/mol. The zero-order valence-electron chi connectivity index (χ0n) is 21.4. The Bertz CT molecular complexity index is 539. The first kappa shape index (κ1) is 29.2. The van der Waals surface area contributed by atoms with Crippen molar-refractivity contribution in [2.24, 2.45) is 11.8 Å². The van der Waals surface area contributed by atoms with Gasteiger partial charge in [-0.05, 0) is 105 Å². The summed E-state index contributed by atoms with van der Waals surface area (Å²) in [6.07, 6.45) is -0.0554. The number of piperidine rings is 2. The summed E-state index contributed by atoms with van der Waals surface area (Å²) >= 11 is 0. The predicted molar refractivity (Wildman–Crippen MR) is 126 cm³/mol. The van der Waals surface area contributed by atoms with E-state index in [1.54, 1.807) is 6.92 Å². The SMILES string of the molecule is CC(=O)N1CCC(CNC(C)(C)C)CC1.CC(C)(C)NCC1CCN(CC(F)(F)F)CC1. The first-order valence-corrected chi connectivity index (χ1v) is 12.1. The maximum atomic E-state index is 12.2. The third-order valence-electron chi connectivity index (χ3n) is 6.01. The molecule has 2 aliphatic heterocycles. The minimum Gasteiger partial charge on any atom is -0.343 e. The Morgan fingerprint density at radius 3 is 1.47 bits per heavy atom. The van der Waals surface area contributed by atoms with Crippen LogP contribution < -0.4 is 10.6 Å². The molecule has 2 aliphatic rings. The van der Waals surface area contributed by atoms with Crippen molar-refractivity contribution in [1.82, 2.24) is 20.4 Å². The van der Waals surface area contributed by atoms with E-state index in [0.29, 0.717) is 19.0 Å². The van der Waals surface area contributed by atoms with Gasteiger partial charge in [0.05, 0.1) is 6.54 Å². The lowest BCUT2D eigenvalue weighted by atomic mass is 9.95. The van der Waals surface area contributed by atoms with Gasteiger partial charge < -0.3 is 15.5 Å². The zero-order valence-corrected chi connectivity index (χ0v) is 21.4. The van der Waals surface area contributed by atoms with Gasteiger partial charge in [0.25, 0.3) is 0 Å². The number of nitrogens with zero attached hydrogens (tertiary/aromatic N) is 2. The van der Waals surface area contributed by atoms with E-state index in [4.69, 9.17) is 0 Å². The standard InChI is InChI=1S/C12H23F3N2.C12H24N2O/c1-11(2,3)16-8-10-4-6-17(7-5-10)9-12(13,14)15;1-10(15)14-7-5-11(6-8-14)9-13-12(2,3)4/h10,16H,4-9H2,1-3H3;11,13H,5-9H2,1-4H3. The van der Waals surface area contributed by atoms with Crippen molar-refractivity contribution in [2.75, 3.05) is 45.8 Å². The highest BCUT2D eigenvalue weighted by Crippen LogP contribution is 2.22. The Morgan fingerprint density at radius 1 is 0.781 bits per heavy atom. The number of rotatable bonds is 5. The van der Waals surface area contributed by atoms with Crippen LogP contribution in [0.25, 0.3) is 0 Å². The lowest BCUT2D eigenvalue weighted by molar-refractivity contribution is -0.148. The van der Waals surface area contributed by atoms with Crippen LogP contribution >= 0.6 is 0 Å². The Labute approximate surface area is 193 Å². The number of carbonyl (C=O) groups is 1. The summed E-state index contributed by atoms with van der Waals surface area (Å²) in [5, 5.41) is 6.95. The van der Waals surface area contributed by atoms with Crippen LogP contribution in [0.1, 0.15) is 74.1 Å². The molecule has 2 N–H and O–H groups in total. The number of hydrogen-bond acceptors (Lipinski definition) is 4. The van der Waals surface area contributed by atoms with Gasteiger partial charge in [-0.3, -0.25) is 9.69 Å². The van der Waals surface area contributed by atoms with Crippen molar-refractivity contribution in [2.45, 2.75) is 91.4 Å². The number of alkyl halides is 3. The second-order valence-corrected chi connectivity index (χ2v) is 11.5. The third kappa shape index (κ3) is 14.3. The number of hydrogen-bond donors (Lipinski definition) is 2. The van der Waals surface area contributed by atoms with Crippen molar-refractivity contribution in [3.05, 3.63) is 0 Å². The second-order valence-electron chi connectivity index (χ2n) is 11.5. The number of nitrogens with one attached hydrogen (secondary N) is 2. The van der Waals surface area contributed by atoms with E-state index in [0.717, 1.165) is 57.8 Å². The highest BCUT2D eigenvalue weighted by molar-refractivity contribution is 5.73. The van der Waals surface area contributed by atoms with Gasteiger partial charge in [-0.1, -0.05) is 0 Å². The van der Waals surface area contributed by atoms with Gasteiger partial charge in [0.1, 0.15) is 0 Å². The smallest absolute Gasteiger partial charge is 0.343 e. The molecule has 8 heteroatoms. The molecule has 0 bridgehead atoms. The zero-order chi connectivity index (χ0) is 24.6. The second kappa shape index (κ2) is 12.6. The van der Waals surface area contributed by atoms with Crippen LogP contribution in [0.4, 0.5) is 13.2 Å². The molecule has 190 valence electrons. The van der Waals surface area contributed by atoms with E-state index in [2.05, 4.69) is 52.2 Å². The average Bonchev–Trinajstić information content (AvgIpc) is 2.64. The lowest BCUT2D eigenvalue weighted by Gasteiger charge is -2.34. The monoisotopic (exact) mass is 464 g/mol. The van der Waals surface area contributed by atoms with Gasteiger partial charge in [-0.25, -0.2) is 0 Å². The largest absolute Gasteiger partial charge is 0.401 e. The molecule has 32 heavy (non-hydrogen) atoms. The Kier molecular flexibility index (Phi) is 11.5. The van der Waals surface area contributed by atoms with Gasteiger partial charge in [-0.15, -0.1) is 0 Å². The molecule has 0 unspecified atom stereocenters. The molecule has 0 aromatic carbocycles. The summed E-state index contributed by atoms with van der Waals surface area (Å²) in [6.45, 7) is 18.8. The van der Waals surface area contributed by atoms with Crippen LogP contribution in [0.3, 0.4) is 0 Å². The van der Waals surface area contributed by atoms with Crippen molar-refractivity contribution in [3.63, 3.8) is 0 Å². The van der Waals surface area contributed by atoms with E-state index in [1.165, 1.54) is 4.90 Å². The first-order chi connectivity index (χ1) is 14.5. The van der Waals surface area contributed by atoms with E-state index < -0.39 is 12.7 Å². The number of amides is 1. The summed E-state index contributed by atoms with van der Waals surface area (Å²) < 4.78 is 36.6. The quantitative estimate of drug-likeness (QED) is 0.638. The van der Waals surface area contributed by atoms with Crippen molar-refractivity contribution >= 4 is 5.91 Å². The molecule has 0 aliphatic carbocycles. The van der Waals surface area contributed by atoms with Gasteiger partial charge in [0.15, 0.2) is 0 Å².